The van der Waals surface area contributed by atoms with Gasteiger partial charge in [0.25, 0.3) is 0 Å². The fourth-order valence-corrected chi connectivity index (χ4v) is 1.87. The van der Waals surface area contributed by atoms with E-state index in [1.807, 2.05) is 11.8 Å². The lowest BCUT2D eigenvalue weighted by atomic mass is 10.2. The van der Waals surface area contributed by atoms with E-state index in [1.165, 1.54) is 0 Å². The van der Waals surface area contributed by atoms with Crippen LogP contribution in [0.3, 0.4) is 0 Å². The lowest BCUT2D eigenvalue weighted by Gasteiger charge is -2.25. The molecule has 0 bridgehead atoms. The van der Waals surface area contributed by atoms with Crippen LogP contribution in [0.4, 0.5) is 5.95 Å². The van der Waals surface area contributed by atoms with E-state index in [1.54, 1.807) is 19.4 Å². The predicted octanol–water partition coefficient (Wildman–Crippen LogP) is 0.200. The van der Waals surface area contributed by atoms with Gasteiger partial charge in [0.2, 0.25) is 17.7 Å². The van der Waals surface area contributed by atoms with Gasteiger partial charge in [-0.15, -0.1) is 0 Å². The summed E-state index contributed by atoms with van der Waals surface area (Å²) < 4.78 is 5.07. The Labute approximate surface area is 100 Å². The maximum atomic E-state index is 11.4. The molecule has 2 heterocycles. The fraction of sp³-hybridized carbons (Fsp3) is 0.545. The van der Waals surface area contributed by atoms with Gasteiger partial charge < -0.3 is 15.0 Å². The van der Waals surface area contributed by atoms with Gasteiger partial charge in [-0.25, -0.2) is 4.98 Å². The molecule has 6 heteroatoms. The first-order valence-electron chi connectivity index (χ1n) is 5.61. The molecule has 1 aromatic rings. The van der Waals surface area contributed by atoms with Crippen LogP contribution in [-0.4, -0.2) is 42.1 Å². The summed E-state index contributed by atoms with van der Waals surface area (Å²) in [4.78, 5) is 21.9. The summed E-state index contributed by atoms with van der Waals surface area (Å²) in [5.74, 6) is 1.21. The zero-order valence-electron chi connectivity index (χ0n) is 10.0. The monoisotopic (exact) mass is 236 g/mol. The van der Waals surface area contributed by atoms with Crippen molar-refractivity contribution in [3.05, 3.63) is 12.3 Å². The molecule has 6 nitrogen and oxygen atoms in total. The molecule has 92 valence electrons. The number of aromatic nitrogens is 2. The van der Waals surface area contributed by atoms with E-state index in [2.05, 4.69) is 15.3 Å². The first kappa shape index (κ1) is 11.6. The molecule has 1 N–H and O–H groups in total. The summed E-state index contributed by atoms with van der Waals surface area (Å²) in [6.45, 7) is 3.32. The van der Waals surface area contributed by atoms with E-state index < -0.39 is 0 Å². The molecule has 0 saturated carbocycles. The molecule has 1 aliphatic rings. The van der Waals surface area contributed by atoms with Crippen LogP contribution in [0.5, 0.6) is 5.88 Å². The van der Waals surface area contributed by atoms with Crippen LogP contribution < -0.4 is 15.0 Å². The second-order valence-corrected chi connectivity index (χ2v) is 4.00. The number of carbonyl (C=O) groups is 1. The molecular weight excluding hydrogens is 220 g/mol. The Kier molecular flexibility index (Phi) is 3.41. The molecule has 1 aliphatic heterocycles. The SMILES string of the molecule is COc1ccnc(N2CCNC(=O)C[C@@H]2C)n1. The standard InChI is InChI=1S/C11H16N4O2/c1-8-7-9(16)12-5-6-15(8)11-13-4-3-10(14-11)17-2/h3-4,8H,5-7H2,1-2H3,(H,12,16)/t8-/m0/s1. The van der Waals surface area contributed by atoms with Crippen molar-refractivity contribution in [3.63, 3.8) is 0 Å². The number of ether oxygens (including phenoxy) is 1. The van der Waals surface area contributed by atoms with Crippen molar-refractivity contribution in [1.29, 1.82) is 0 Å². The van der Waals surface area contributed by atoms with Crippen molar-refractivity contribution in [2.24, 2.45) is 0 Å². The van der Waals surface area contributed by atoms with Gasteiger partial charge >= 0.3 is 0 Å². The summed E-state index contributed by atoms with van der Waals surface area (Å²) in [5, 5.41) is 2.84. The Morgan fingerprint density at radius 1 is 1.59 bits per heavy atom. The Bertz CT molecular complexity index is 410. The first-order valence-corrected chi connectivity index (χ1v) is 5.61. The maximum Gasteiger partial charge on any atom is 0.228 e. The lowest BCUT2D eigenvalue weighted by molar-refractivity contribution is -0.120. The highest BCUT2D eigenvalue weighted by atomic mass is 16.5. The largest absolute Gasteiger partial charge is 0.481 e. The molecular formula is C11H16N4O2. The maximum absolute atomic E-state index is 11.4. The Morgan fingerprint density at radius 3 is 3.18 bits per heavy atom. The van der Waals surface area contributed by atoms with E-state index in [-0.39, 0.29) is 11.9 Å². The fourth-order valence-electron chi connectivity index (χ4n) is 1.87. The molecule has 1 fully saturated rings. The number of nitrogens with zero attached hydrogens (tertiary/aromatic N) is 3. The molecule has 0 aliphatic carbocycles. The average Bonchev–Trinajstić information content (AvgIpc) is 2.50. The van der Waals surface area contributed by atoms with E-state index >= 15 is 0 Å². The zero-order valence-corrected chi connectivity index (χ0v) is 10.0. The molecule has 0 unspecified atom stereocenters. The number of amides is 1. The van der Waals surface area contributed by atoms with Crippen molar-refractivity contribution in [2.45, 2.75) is 19.4 Å². The third kappa shape index (κ3) is 2.64. The Balaban J connectivity index is 2.21. The average molecular weight is 236 g/mol. The van der Waals surface area contributed by atoms with Gasteiger partial charge in [0, 0.05) is 37.8 Å². The van der Waals surface area contributed by atoms with Gasteiger partial charge in [-0.1, -0.05) is 0 Å². The third-order valence-corrected chi connectivity index (χ3v) is 2.77. The van der Waals surface area contributed by atoms with Crippen molar-refractivity contribution >= 4 is 11.9 Å². The van der Waals surface area contributed by atoms with Crippen LogP contribution in [0.25, 0.3) is 0 Å². The van der Waals surface area contributed by atoms with Crippen LogP contribution in [0.15, 0.2) is 12.3 Å². The second-order valence-electron chi connectivity index (χ2n) is 4.00. The van der Waals surface area contributed by atoms with Gasteiger partial charge in [0.1, 0.15) is 0 Å². The second kappa shape index (κ2) is 4.99. The minimum Gasteiger partial charge on any atom is -0.481 e. The lowest BCUT2D eigenvalue weighted by Crippen LogP contribution is -2.35. The van der Waals surface area contributed by atoms with Gasteiger partial charge in [0.05, 0.1) is 7.11 Å². The first-order chi connectivity index (χ1) is 8.20. The number of methoxy groups -OCH3 is 1. The van der Waals surface area contributed by atoms with Crippen LogP contribution in [0.2, 0.25) is 0 Å². The number of hydrogen-bond donors (Lipinski definition) is 1. The molecule has 1 saturated heterocycles. The third-order valence-electron chi connectivity index (χ3n) is 2.77. The normalized spacial score (nSPS) is 20.7. The van der Waals surface area contributed by atoms with Crippen LogP contribution in [-0.2, 0) is 4.79 Å². The minimum atomic E-state index is 0.0721. The summed E-state index contributed by atoms with van der Waals surface area (Å²) in [5.41, 5.74) is 0. The highest BCUT2D eigenvalue weighted by Gasteiger charge is 2.23. The topological polar surface area (TPSA) is 67.3 Å². The highest BCUT2D eigenvalue weighted by Crippen LogP contribution is 2.17. The number of hydrogen-bond acceptors (Lipinski definition) is 5. The summed E-state index contributed by atoms with van der Waals surface area (Å²) in [6.07, 6.45) is 2.12. The minimum absolute atomic E-state index is 0.0721. The van der Waals surface area contributed by atoms with Crippen molar-refractivity contribution < 1.29 is 9.53 Å². The summed E-state index contributed by atoms with van der Waals surface area (Å²) >= 11 is 0. The van der Waals surface area contributed by atoms with Gasteiger partial charge in [0.15, 0.2) is 0 Å². The number of nitrogens with one attached hydrogen (secondary N) is 1. The Hall–Kier alpha value is -1.85. The molecule has 0 spiro atoms. The Morgan fingerprint density at radius 2 is 2.41 bits per heavy atom. The smallest absolute Gasteiger partial charge is 0.228 e. The van der Waals surface area contributed by atoms with E-state index in [0.717, 1.165) is 0 Å². The van der Waals surface area contributed by atoms with Crippen LogP contribution in [0, 0.1) is 0 Å². The molecule has 0 radical (unpaired) electrons. The number of anilines is 1. The zero-order chi connectivity index (χ0) is 12.3. The molecule has 1 atom stereocenters. The number of rotatable bonds is 2. The van der Waals surface area contributed by atoms with Gasteiger partial charge in [-0.3, -0.25) is 4.79 Å². The molecule has 1 aromatic heterocycles. The van der Waals surface area contributed by atoms with Crippen LogP contribution in [0.1, 0.15) is 13.3 Å². The van der Waals surface area contributed by atoms with Crippen molar-refractivity contribution in [2.75, 3.05) is 25.1 Å². The van der Waals surface area contributed by atoms with Gasteiger partial charge in [-0.2, -0.15) is 4.98 Å². The highest BCUT2D eigenvalue weighted by molar-refractivity contribution is 5.77. The summed E-state index contributed by atoms with van der Waals surface area (Å²) in [7, 11) is 1.57. The molecule has 0 aromatic carbocycles. The number of carbonyl (C=O) groups excluding carboxylic acids is 1. The summed E-state index contributed by atoms with van der Waals surface area (Å²) in [6, 6.07) is 1.79. The van der Waals surface area contributed by atoms with E-state index in [0.29, 0.717) is 31.3 Å². The van der Waals surface area contributed by atoms with Crippen molar-refractivity contribution in [1.82, 2.24) is 15.3 Å². The van der Waals surface area contributed by atoms with Gasteiger partial charge in [-0.05, 0) is 6.92 Å². The molecule has 17 heavy (non-hydrogen) atoms. The van der Waals surface area contributed by atoms with E-state index in [9.17, 15) is 4.79 Å². The van der Waals surface area contributed by atoms with Crippen molar-refractivity contribution in [3.8, 4) is 5.88 Å². The molecule has 2 rings (SSSR count). The molecule has 1 amide bonds. The predicted molar refractivity (Wildman–Crippen MR) is 63.0 cm³/mol. The van der Waals surface area contributed by atoms with Crippen LogP contribution >= 0.6 is 0 Å². The quantitative estimate of drug-likeness (QED) is 0.794. The van der Waals surface area contributed by atoms with E-state index in [4.69, 9.17) is 4.74 Å².